The summed E-state index contributed by atoms with van der Waals surface area (Å²) >= 11 is 3.72. The first-order valence-corrected chi connectivity index (χ1v) is 6.23. The Morgan fingerprint density at radius 2 is 2.21 bits per heavy atom. The molecule has 2 heteroatoms. The normalized spacial score (nSPS) is 27.6. The highest BCUT2D eigenvalue weighted by Gasteiger charge is 2.21. The molecule has 2 atom stereocenters. The van der Waals surface area contributed by atoms with Crippen LogP contribution in [0.1, 0.15) is 42.7 Å². The van der Waals surface area contributed by atoms with Gasteiger partial charge in [0.1, 0.15) is 0 Å². The summed E-state index contributed by atoms with van der Waals surface area (Å²) in [5, 5.41) is 0. The molecular formula is C12H16BrN. The minimum atomic E-state index is 0.710. The van der Waals surface area contributed by atoms with Gasteiger partial charge in [-0.05, 0) is 43.2 Å². The molecule has 1 aliphatic rings. The van der Waals surface area contributed by atoms with E-state index in [4.69, 9.17) is 0 Å². The molecule has 0 spiro atoms. The van der Waals surface area contributed by atoms with Gasteiger partial charge in [0.05, 0.1) is 0 Å². The summed E-state index contributed by atoms with van der Waals surface area (Å²) in [6.45, 7) is 2.12. The van der Waals surface area contributed by atoms with Crippen molar-refractivity contribution in [2.24, 2.45) is 0 Å². The van der Waals surface area contributed by atoms with Crippen LogP contribution in [-0.4, -0.2) is 9.81 Å². The van der Waals surface area contributed by atoms with Crippen molar-refractivity contribution in [3.05, 3.63) is 29.6 Å². The molecule has 1 nitrogen and oxygen atoms in total. The highest BCUT2D eigenvalue weighted by molar-refractivity contribution is 9.09. The lowest BCUT2D eigenvalue weighted by Gasteiger charge is -2.25. The van der Waals surface area contributed by atoms with Gasteiger partial charge in [-0.2, -0.15) is 0 Å². The Morgan fingerprint density at radius 1 is 1.36 bits per heavy atom. The molecule has 0 radical (unpaired) electrons. The molecule has 0 aromatic carbocycles. The molecule has 1 heterocycles. The van der Waals surface area contributed by atoms with Crippen molar-refractivity contribution >= 4 is 15.9 Å². The molecule has 14 heavy (non-hydrogen) atoms. The van der Waals surface area contributed by atoms with Crippen LogP contribution in [-0.2, 0) is 0 Å². The van der Waals surface area contributed by atoms with Crippen molar-refractivity contribution < 1.29 is 0 Å². The molecular weight excluding hydrogens is 238 g/mol. The number of hydrogen-bond acceptors (Lipinski definition) is 1. The van der Waals surface area contributed by atoms with Crippen molar-refractivity contribution in [2.75, 3.05) is 0 Å². The van der Waals surface area contributed by atoms with Crippen molar-refractivity contribution in [1.29, 1.82) is 0 Å². The number of hydrogen-bond donors (Lipinski definition) is 0. The maximum atomic E-state index is 4.27. The third kappa shape index (κ3) is 2.35. The Labute approximate surface area is 94.1 Å². The van der Waals surface area contributed by atoms with Crippen LogP contribution in [0.25, 0.3) is 0 Å². The lowest BCUT2D eigenvalue weighted by Crippen LogP contribution is -2.13. The molecule has 1 aromatic rings. The molecule has 2 unspecified atom stereocenters. The van der Waals surface area contributed by atoms with Gasteiger partial charge in [0.2, 0.25) is 0 Å². The average molecular weight is 254 g/mol. The Hall–Kier alpha value is -0.370. The van der Waals surface area contributed by atoms with E-state index in [1.807, 2.05) is 12.4 Å². The quantitative estimate of drug-likeness (QED) is 0.694. The zero-order valence-electron chi connectivity index (χ0n) is 8.54. The molecule has 0 saturated heterocycles. The monoisotopic (exact) mass is 253 g/mol. The smallest absolute Gasteiger partial charge is 0.0302 e. The zero-order chi connectivity index (χ0) is 9.97. The molecule has 0 amide bonds. The molecule has 76 valence electrons. The first kappa shape index (κ1) is 10.2. The second-order valence-corrected chi connectivity index (χ2v) is 5.55. The van der Waals surface area contributed by atoms with Gasteiger partial charge in [0, 0.05) is 17.2 Å². The fraction of sp³-hybridized carbons (Fsp3) is 0.583. The first-order valence-electron chi connectivity index (χ1n) is 5.31. The summed E-state index contributed by atoms with van der Waals surface area (Å²) in [6.07, 6.45) is 9.23. The van der Waals surface area contributed by atoms with Crippen LogP contribution in [0, 0.1) is 6.92 Å². The molecule has 0 N–H and O–H groups in total. The molecule has 1 aliphatic carbocycles. The number of aryl methyl sites for hydroxylation is 1. The van der Waals surface area contributed by atoms with E-state index in [9.17, 15) is 0 Å². The molecule has 0 bridgehead atoms. The van der Waals surface area contributed by atoms with Gasteiger partial charge in [0.25, 0.3) is 0 Å². The molecule has 1 saturated carbocycles. The van der Waals surface area contributed by atoms with Gasteiger partial charge in [-0.3, -0.25) is 4.98 Å². The number of rotatable bonds is 1. The largest absolute Gasteiger partial charge is 0.264 e. The number of nitrogens with zero attached hydrogens (tertiary/aromatic N) is 1. The van der Waals surface area contributed by atoms with Gasteiger partial charge < -0.3 is 0 Å². The summed E-state index contributed by atoms with van der Waals surface area (Å²) in [6, 6.07) is 2.28. The van der Waals surface area contributed by atoms with Crippen LogP contribution in [0.15, 0.2) is 18.5 Å². The fourth-order valence-corrected chi connectivity index (χ4v) is 3.01. The van der Waals surface area contributed by atoms with Crippen LogP contribution < -0.4 is 0 Å². The van der Waals surface area contributed by atoms with E-state index >= 15 is 0 Å². The van der Waals surface area contributed by atoms with Crippen molar-refractivity contribution in [2.45, 2.75) is 43.4 Å². The summed E-state index contributed by atoms with van der Waals surface area (Å²) in [4.78, 5) is 4.98. The predicted octanol–water partition coefficient (Wildman–Crippen LogP) is 3.81. The van der Waals surface area contributed by atoms with Crippen molar-refractivity contribution in [3.63, 3.8) is 0 Å². The van der Waals surface area contributed by atoms with Crippen LogP contribution in [0.2, 0.25) is 0 Å². The van der Waals surface area contributed by atoms with E-state index in [1.165, 1.54) is 36.8 Å². The first-order chi connectivity index (χ1) is 6.75. The van der Waals surface area contributed by atoms with Gasteiger partial charge in [-0.25, -0.2) is 0 Å². The van der Waals surface area contributed by atoms with E-state index < -0.39 is 0 Å². The standard InChI is InChI=1S/C12H16BrN/c1-9-5-11(8-14-7-9)10-3-2-4-12(13)6-10/h5,7-8,10,12H,2-4,6H2,1H3. The minimum absolute atomic E-state index is 0.710. The second kappa shape index (κ2) is 4.43. The number of aromatic nitrogens is 1. The van der Waals surface area contributed by atoms with Crippen LogP contribution in [0.3, 0.4) is 0 Å². The van der Waals surface area contributed by atoms with Gasteiger partial charge in [-0.15, -0.1) is 0 Å². The van der Waals surface area contributed by atoms with E-state index in [2.05, 4.69) is 33.9 Å². The van der Waals surface area contributed by atoms with Crippen LogP contribution >= 0.6 is 15.9 Å². The maximum Gasteiger partial charge on any atom is 0.0302 e. The van der Waals surface area contributed by atoms with E-state index in [1.54, 1.807) is 0 Å². The SMILES string of the molecule is Cc1cncc(C2CCCC(Br)C2)c1. The zero-order valence-corrected chi connectivity index (χ0v) is 10.1. The lowest BCUT2D eigenvalue weighted by molar-refractivity contribution is 0.457. The number of halogens is 1. The van der Waals surface area contributed by atoms with Gasteiger partial charge in [-0.1, -0.05) is 28.4 Å². The van der Waals surface area contributed by atoms with Crippen LogP contribution in [0.5, 0.6) is 0 Å². The third-order valence-corrected chi connectivity index (χ3v) is 3.81. The van der Waals surface area contributed by atoms with E-state index in [-0.39, 0.29) is 0 Å². The van der Waals surface area contributed by atoms with E-state index in [0.29, 0.717) is 4.83 Å². The minimum Gasteiger partial charge on any atom is -0.264 e. The van der Waals surface area contributed by atoms with Crippen molar-refractivity contribution in [3.8, 4) is 0 Å². The Bertz CT molecular complexity index is 311. The maximum absolute atomic E-state index is 4.27. The average Bonchev–Trinajstić information content (AvgIpc) is 2.18. The molecule has 2 rings (SSSR count). The molecule has 1 aromatic heterocycles. The highest BCUT2D eigenvalue weighted by Crippen LogP contribution is 2.35. The van der Waals surface area contributed by atoms with E-state index in [0.717, 1.165) is 5.92 Å². The van der Waals surface area contributed by atoms with Crippen LogP contribution in [0.4, 0.5) is 0 Å². The Balaban J connectivity index is 2.14. The predicted molar refractivity (Wildman–Crippen MR) is 62.9 cm³/mol. The summed E-state index contributed by atoms with van der Waals surface area (Å²) in [5.41, 5.74) is 2.70. The number of alkyl halides is 1. The van der Waals surface area contributed by atoms with Gasteiger partial charge in [0.15, 0.2) is 0 Å². The molecule has 0 aliphatic heterocycles. The van der Waals surface area contributed by atoms with Crippen molar-refractivity contribution in [1.82, 2.24) is 4.98 Å². The summed E-state index contributed by atoms with van der Waals surface area (Å²) < 4.78 is 0. The Morgan fingerprint density at radius 3 is 2.93 bits per heavy atom. The lowest BCUT2D eigenvalue weighted by atomic mass is 9.84. The molecule has 1 fully saturated rings. The summed E-state index contributed by atoms with van der Waals surface area (Å²) in [5.74, 6) is 0.723. The third-order valence-electron chi connectivity index (χ3n) is 2.98. The topological polar surface area (TPSA) is 12.9 Å². The van der Waals surface area contributed by atoms with Gasteiger partial charge >= 0.3 is 0 Å². The Kier molecular flexibility index (Phi) is 3.22. The highest BCUT2D eigenvalue weighted by atomic mass is 79.9. The second-order valence-electron chi connectivity index (χ2n) is 4.26. The number of pyridine rings is 1. The fourth-order valence-electron chi connectivity index (χ4n) is 2.23. The summed E-state index contributed by atoms with van der Waals surface area (Å²) in [7, 11) is 0.